The van der Waals surface area contributed by atoms with Gasteiger partial charge in [0.05, 0.1) is 15.0 Å². The average Bonchev–Trinajstić information content (AvgIpc) is 2.82. The van der Waals surface area contributed by atoms with E-state index in [-0.39, 0.29) is 0 Å². The Labute approximate surface area is 141 Å². The molecule has 1 aliphatic rings. The van der Waals surface area contributed by atoms with Crippen LogP contribution in [0, 0.1) is 3.57 Å². The van der Waals surface area contributed by atoms with Crippen molar-refractivity contribution < 1.29 is 0 Å². The third-order valence-corrected chi connectivity index (χ3v) is 5.86. The smallest absolute Gasteiger partial charge is 0.0758 e. The summed E-state index contributed by atoms with van der Waals surface area (Å²) in [6.45, 7) is 5.48. The Balaban J connectivity index is 1.91. The Kier molecular flexibility index (Phi) is 4.67. The largest absolute Gasteiger partial charge is 0.268 e. The first-order valence-electron chi connectivity index (χ1n) is 8.06. The molecular formula is C18H23IN2. The third kappa shape index (κ3) is 2.89. The van der Waals surface area contributed by atoms with Crippen LogP contribution in [-0.4, -0.2) is 9.78 Å². The number of benzene rings is 1. The fourth-order valence-corrected chi connectivity index (χ4v) is 4.65. The summed E-state index contributed by atoms with van der Waals surface area (Å²) in [4.78, 5) is 0. The molecule has 0 spiro atoms. The zero-order chi connectivity index (χ0) is 14.8. The van der Waals surface area contributed by atoms with E-state index in [4.69, 9.17) is 5.10 Å². The molecule has 3 heteroatoms. The van der Waals surface area contributed by atoms with Crippen LogP contribution in [0.3, 0.4) is 0 Å². The first-order valence-corrected chi connectivity index (χ1v) is 9.14. The number of hydrogen-bond acceptors (Lipinski definition) is 1. The normalized spacial score (nSPS) is 17.8. The highest BCUT2D eigenvalue weighted by Crippen LogP contribution is 2.33. The summed E-state index contributed by atoms with van der Waals surface area (Å²) >= 11 is 2.47. The molecule has 1 unspecified atom stereocenters. The van der Waals surface area contributed by atoms with Crippen molar-refractivity contribution in [1.82, 2.24) is 9.78 Å². The zero-order valence-electron chi connectivity index (χ0n) is 12.9. The SMILES string of the molecule is CCc1nn(CC2CCCc3ccccc32)c(CC)c1I. The minimum atomic E-state index is 0.626. The highest BCUT2D eigenvalue weighted by Gasteiger charge is 2.22. The van der Waals surface area contributed by atoms with Gasteiger partial charge in [-0.3, -0.25) is 4.68 Å². The van der Waals surface area contributed by atoms with Crippen LogP contribution in [0.4, 0.5) is 0 Å². The number of aryl methyl sites for hydroxylation is 2. The molecule has 0 saturated carbocycles. The zero-order valence-corrected chi connectivity index (χ0v) is 15.1. The quantitative estimate of drug-likeness (QED) is 0.686. The third-order valence-electron chi connectivity index (χ3n) is 4.62. The van der Waals surface area contributed by atoms with E-state index in [0.29, 0.717) is 5.92 Å². The lowest BCUT2D eigenvalue weighted by molar-refractivity contribution is 0.446. The van der Waals surface area contributed by atoms with Crippen molar-refractivity contribution in [3.8, 4) is 0 Å². The monoisotopic (exact) mass is 394 g/mol. The number of hydrogen-bond donors (Lipinski definition) is 0. The molecular weight excluding hydrogens is 371 g/mol. The lowest BCUT2D eigenvalue weighted by Crippen LogP contribution is -2.17. The second-order valence-corrected chi connectivity index (χ2v) is 6.96. The second-order valence-electron chi connectivity index (χ2n) is 5.88. The molecule has 0 saturated heterocycles. The van der Waals surface area contributed by atoms with Crippen LogP contribution in [0.2, 0.25) is 0 Å². The minimum absolute atomic E-state index is 0.626. The second kappa shape index (κ2) is 6.51. The molecule has 2 nitrogen and oxygen atoms in total. The van der Waals surface area contributed by atoms with Crippen LogP contribution in [0.1, 0.15) is 55.1 Å². The Morgan fingerprint density at radius 2 is 2.05 bits per heavy atom. The van der Waals surface area contributed by atoms with Gasteiger partial charge in [0.2, 0.25) is 0 Å². The Bertz CT molecular complexity index is 630. The van der Waals surface area contributed by atoms with Gasteiger partial charge in [0.25, 0.3) is 0 Å². The van der Waals surface area contributed by atoms with Gasteiger partial charge < -0.3 is 0 Å². The highest BCUT2D eigenvalue weighted by atomic mass is 127. The lowest BCUT2D eigenvalue weighted by Gasteiger charge is -2.26. The van der Waals surface area contributed by atoms with Crippen LogP contribution in [0.15, 0.2) is 24.3 Å². The maximum Gasteiger partial charge on any atom is 0.0758 e. The van der Waals surface area contributed by atoms with Crippen molar-refractivity contribution in [2.75, 3.05) is 0 Å². The molecule has 3 rings (SSSR count). The van der Waals surface area contributed by atoms with Gasteiger partial charge in [0.15, 0.2) is 0 Å². The average molecular weight is 394 g/mol. The van der Waals surface area contributed by atoms with Gasteiger partial charge in [-0.15, -0.1) is 0 Å². The standard InChI is InChI=1S/C18H23IN2/c1-3-16-18(19)17(4-2)21(20-16)12-14-10-7-9-13-8-5-6-11-15(13)14/h5-6,8,11,14H,3-4,7,9-10,12H2,1-2H3. The maximum atomic E-state index is 4.88. The fourth-order valence-electron chi connectivity index (χ4n) is 3.50. The molecule has 21 heavy (non-hydrogen) atoms. The summed E-state index contributed by atoms with van der Waals surface area (Å²) in [5.74, 6) is 0.626. The van der Waals surface area contributed by atoms with E-state index in [1.807, 2.05) is 0 Å². The van der Waals surface area contributed by atoms with Gasteiger partial charge in [-0.2, -0.15) is 5.10 Å². The number of nitrogens with zero attached hydrogens (tertiary/aromatic N) is 2. The lowest BCUT2D eigenvalue weighted by atomic mass is 9.83. The van der Waals surface area contributed by atoms with Crippen LogP contribution < -0.4 is 0 Å². The molecule has 1 heterocycles. The molecule has 0 amide bonds. The van der Waals surface area contributed by atoms with E-state index >= 15 is 0 Å². The maximum absolute atomic E-state index is 4.88. The molecule has 0 bridgehead atoms. The fraction of sp³-hybridized carbons (Fsp3) is 0.500. The van der Waals surface area contributed by atoms with E-state index < -0.39 is 0 Å². The van der Waals surface area contributed by atoms with Crippen LogP contribution in [-0.2, 0) is 25.8 Å². The van der Waals surface area contributed by atoms with Gasteiger partial charge in [-0.05, 0) is 65.8 Å². The van der Waals surface area contributed by atoms with E-state index in [0.717, 1.165) is 19.4 Å². The Morgan fingerprint density at radius 3 is 2.81 bits per heavy atom. The molecule has 0 fully saturated rings. The summed E-state index contributed by atoms with van der Waals surface area (Å²) in [5.41, 5.74) is 5.77. The molecule has 1 aromatic heterocycles. The van der Waals surface area contributed by atoms with Crippen molar-refractivity contribution >= 4 is 22.6 Å². The first-order chi connectivity index (χ1) is 10.2. The number of aromatic nitrogens is 2. The highest BCUT2D eigenvalue weighted by molar-refractivity contribution is 14.1. The van der Waals surface area contributed by atoms with Crippen molar-refractivity contribution in [1.29, 1.82) is 0 Å². The summed E-state index contributed by atoms with van der Waals surface area (Å²) in [7, 11) is 0. The van der Waals surface area contributed by atoms with Crippen molar-refractivity contribution in [2.45, 2.75) is 58.4 Å². The van der Waals surface area contributed by atoms with Crippen molar-refractivity contribution in [3.05, 3.63) is 50.4 Å². The van der Waals surface area contributed by atoms with Crippen molar-refractivity contribution in [3.63, 3.8) is 0 Å². The Morgan fingerprint density at radius 1 is 1.24 bits per heavy atom. The predicted octanol–water partition coefficient (Wildman–Crippen LogP) is 4.73. The summed E-state index contributed by atoms with van der Waals surface area (Å²) in [6, 6.07) is 8.97. The number of halogens is 1. The summed E-state index contributed by atoms with van der Waals surface area (Å²) in [6.07, 6.45) is 5.93. The number of rotatable bonds is 4. The van der Waals surface area contributed by atoms with E-state index in [1.165, 1.54) is 34.2 Å². The molecule has 112 valence electrons. The molecule has 0 aliphatic heterocycles. The topological polar surface area (TPSA) is 17.8 Å². The van der Waals surface area contributed by atoms with Gasteiger partial charge in [0.1, 0.15) is 0 Å². The van der Waals surface area contributed by atoms with Gasteiger partial charge in [-0.1, -0.05) is 38.1 Å². The molecule has 1 aromatic carbocycles. The van der Waals surface area contributed by atoms with Crippen LogP contribution >= 0.6 is 22.6 Å². The summed E-state index contributed by atoms with van der Waals surface area (Å²) in [5, 5.41) is 4.88. The molecule has 1 aliphatic carbocycles. The Hall–Kier alpha value is -0.840. The predicted molar refractivity (Wildman–Crippen MR) is 95.8 cm³/mol. The van der Waals surface area contributed by atoms with Gasteiger partial charge >= 0.3 is 0 Å². The molecule has 0 N–H and O–H groups in total. The molecule has 1 atom stereocenters. The molecule has 0 radical (unpaired) electrons. The first kappa shape index (κ1) is 15.1. The van der Waals surface area contributed by atoms with E-state index in [9.17, 15) is 0 Å². The molecule has 2 aromatic rings. The number of fused-ring (bicyclic) bond motifs is 1. The van der Waals surface area contributed by atoms with Gasteiger partial charge in [0, 0.05) is 12.5 Å². The minimum Gasteiger partial charge on any atom is -0.268 e. The van der Waals surface area contributed by atoms with Crippen LogP contribution in [0.5, 0.6) is 0 Å². The van der Waals surface area contributed by atoms with E-state index in [2.05, 4.69) is 65.4 Å². The summed E-state index contributed by atoms with van der Waals surface area (Å²) < 4.78 is 3.66. The van der Waals surface area contributed by atoms with E-state index in [1.54, 1.807) is 11.1 Å². The van der Waals surface area contributed by atoms with Gasteiger partial charge in [-0.25, -0.2) is 0 Å². The van der Waals surface area contributed by atoms with Crippen molar-refractivity contribution in [2.24, 2.45) is 0 Å². The van der Waals surface area contributed by atoms with Crippen LogP contribution in [0.25, 0.3) is 0 Å².